The van der Waals surface area contributed by atoms with Gasteiger partial charge in [-0.1, -0.05) is 30.3 Å². The number of rotatable bonds is 6. The molecule has 3 rings (SSSR count). The van der Waals surface area contributed by atoms with Gasteiger partial charge in [-0.2, -0.15) is 0 Å². The smallest absolute Gasteiger partial charge is 0.399 e. The molecule has 1 N–H and O–H groups in total. The van der Waals surface area contributed by atoms with Crippen molar-refractivity contribution >= 4 is 33.9 Å². The highest BCUT2D eigenvalue weighted by Gasteiger charge is 2.51. The molecule has 140 valence electrons. The van der Waals surface area contributed by atoms with Gasteiger partial charge in [-0.05, 0) is 56.6 Å². The highest BCUT2D eigenvalue weighted by atomic mass is 32.2. The summed E-state index contributed by atoms with van der Waals surface area (Å²) in [5.41, 5.74) is 1.29. The van der Waals surface area contributed by atoms with E-state index in [1.807, 2.05) is 52.0 Å². The van der Waals surface area contributed by atoms with Crippen LogP contribution in [0, 0.1) is 0 Å². The zero-order valence-electron chi connectivity index (χ0n) is 15.5. The van der Waals surface area contributed by atoms with Crippen LogP contribution in [0.2, 0.25) is 0 Å². The van der Waals surface area contributed by atoms with Gasteiger partial charge in [0.25, 0.3) is 0 Å². The zero-order chi connectivity index (χ0) is 19.0. The molecule has 8 heteroatoms. The summed E-state index contributed by atoms with van der Waals surface area (Å²) in [5, 5.41) is 1.75. The van der Waals surface area contributed by atoms with Crippen molar-refractivity contribution in [1.29, 1.82) is 0 Å². The maximum atomic E-state index is 12.1. The first kappa shape index (κ1) is 19.6. The van der Waals surface area contributed by atoms with E-state index in [0.29, 0.717) is 17.2 Å². The summed E-state index contributed by atoms with van der Waals surface area (Å²) in [6.45, 7) is 8.47. The molecule has 26 heavy (non-hydrogen) atoms. The Hall–Kier alpha value is -1.19. The summed E-state index contributed by atoms with van der Waals surface area (Å²) in [6.07, 6.45) is 0.619. The number of hydrogen-bond donors (Lipinski definition) is 1. The maximum absolute atomic E-state index is 12.1. The Morgan fingerprint density at radius 3 is 2.19 bits per heavy atom. The predicted octanol–water partition coefficient (Wildman–Crippen LogP) is 2.57. The fourth-order valence-electron chi connectivity index (χ4n) is 2.64. The number of hydrogen-bond acceptors (Lipinski definition) is 5. The molecule has 1 aromatic heterocycles. The maximum Gasteiger partial charge on any atom is 0.494 e. The average molecular weight is 393 g/mol. The fourth-order valence-corrected chi connectivity index (χ4v) is 4.71. The van der Waals surface area contributed by atoms with Gasteiger partial charge in [0.1, 0.15) is 4.21 Å². The van der Waals surface area contributed by atoms with Crippen molar-refractivity contribution in [2.45, 2.75) is 49.5 Å². The molecule has 0 bridgehead atoms. The molecule has 1 aliphatic rings. The SMILES string of the molecule is CC1(C)OB(c2ccc(CCNS(=O)(=O)c3cccs3)cc2)OC1(C)C. The standard InChI is InChI=1S/C18H24BNO4S2/c1-17(2)18(3,4)24-19(23-17)15-9-7-14(8-10-15)11-12-20-26(21,22)16-6-5-13-25-16/h5-10,13,20H,11-12H2,1-4H3. The van der Waals surface area contributed by atoms with E-state index >= 15 is 0 Å². The first-order valence-corrected chi connectivity index (χ1v) is 10.9. The summed E-state index contributed by atoms with van der Waals surface area (Å²) in [7, 11) is -3.79. The average Bonchev–Trinajstić information content (AvgIpc) is 3.15. The van der Waals surface area contributed by atoms with Crippen LogP contribution < -0.4 is 10.2 Å². The lowest BCUT2D eigenvalue weighted by atomic mass is 9.79. The van der Waals surface area contributed by atoms with Gasteiger partial charge in [-0.3, -0.25) is 0 Å². The Morgan fingerprint density at radius 1 is 1.04 bits per heavy atom. The second kappa shape index (κ2) is 7.09. The van der Waals surface area contributed by atoms with Crippen molar-refractivity contribution in [3.63, 3.8) is 0 Å². The van der Waals surface area contributed by atoms with Crippen LogP contribution in [-0.2, 0) is 25.8 Å². The number of sulfonamides is 1. The van der Waals surface area contributed by atoms with Crippen molar-refractivity contribution < 1.29 is 17.7 Å². The molecule has 5 nitrogen and oxygen atoms in total. The monoisotopic (exact) mass is 393 g/mol. The van der Waals surface area contributed by atoms with E-state index in [9.17, 15) is 8.42 Å². The van der Waals surface area contributed by atoms with Gasteiger partial charge >= 0.3 is 7.12 Å². The van der Waals surface area contributed by atoms with Crippen LogP contribution in [0.15, 0.2) is 46.0 Å². The minimum Gasteiger partial charge on any atom is -0.399 e. The Bertz CT molecular complexity index is 830. The lowest BCUT2D eigenvalue weighted by Crippen LogP contribution is -2.41. The lowest BCUT2D eigenvalue weighted by molar-refractivity contribution is 0.00578. The zero-order valence-corrected chi connectivity index (χ0v) is 17.1. The molecule has 0 unspecified atom stereocenters. The highest BCUT2D eigenvalue weighted by molar-refractivity contribution is 7.91. The quantitative estimate of drug-likeness (QED) is 0.767. The molecule has 0 saturated carbocycles. The van der Waals surface area contributed by atoms with Crippen LogP contribution >= 0.6 is 11.3 Å². The van der Waals surface area contributed by atoms with Crippen molar-refractivity contribution in [3.05, 3.63) is 47.3 Å². The Morgan fingerprint density at radius 2 is 1.65 bits per heavy atom. The number of nitrogens with one attached hydrogen (secondary N) is 1. The topological polar surface area (TPSA) is 64.6 Å². The summed E-state index contributed by atoms with van der Waals surface area (Å²) < 4.78 is 39.3. The van der Waals surface area contributed by atoms with E-state index in [1.54, 1.807) is 17.5 Å². The van der Waals surface area contributed by atoms with Crippen LogP contribution in [-0.4, -0.2) is 33.3 Å². The molecule has 2 aromatic rings. The molecular formula is C18H24BNO4S2. The van der Waals surface area contributed by atoms with Crippen LogP contribution in [0.5, 0.6) is 0 Å². The molecule has 0 amide bonds. The molecule has 1 aliphatic heterocycles. The van der Waals surface area contributed by atoms with Crippen LogP contribution in [0.25, 0.3) is 0 Å². The van der Waals surface area contributed by atoms with Crippen LogP contribution in [0.4, 0.5) is 0 Å². The van der Waals surface area contributed by atoms with E-state index in [-0.39, 0.29) is 18.3 Å². The highest BCUT2D eigenvalue weighted by Crippen LogP contribution is 2.36. The lowest BCUT2D eigenvalue weighted by Gasteiger charge is -2.32. The van der Waals surface area contributed by atoms with Gasteiger partial charge in [0.05, 0.1) is 11.2 Å². The molecule has 1 fully saturated rings. The number of benzene rings is 1. The Labute approximate surface area is 159 Å². The Balaban J connectivity index is 1.57. The van der Waals surface area contributed by atoms with E-state index in [1.165, 1.54) is 11.3 Å². The molecule has 2 heterocycles. The van der Waals surface area contributed by atoms with Crippen LogP contribution in [0.3, 0.4) is 0 Å². The van der Waals surface area contributed by atoms with Gasteiger partial charge in [0.15, 0.2) is 0 Å². The van der Waals surface area contributed by atoms with Gasteiger partial charge in [-0.15, -0.1) is 11.3 Å². The van der Waals surface area contributed by atoms with Gasteiger partial charge in [0, 0.05) is 6.54 Å². The Kier molecular flexibility index (Phi) is 5.34. The summed E-state index contributed by atoms with van der Waals surface area (Å²) in [4.78, 5) is 0. The summed E-state index contributed by atoms with van der Waals surface area (Å²) >= 11 is 1.21. The third-order valence-electron chi connectivity index (χ3n) is 4.97. The normalized spacial score (nSPS) is 19.0. The number of thiophene rings is 1. The van der Waals surface area contributed by atoms with Gasteiger partial charge < -0.3 is 9.31 Å². The van der Waals surface area contributed by atoms with E-state index in [0.717, 1.165) is 11.0 Å². The third kappa shape index (κ3) is 4.04. The third-order valence-corrected chi connectivity index (χ3v) is 7.83. The second-order valence-corrected chi connectivity index (χ2v) is 10.4. The minimum absolute atomic E-state index is 0.341. The van der Waals surface area contributed by atoms with Crippen LogP contribution in [0.1, 0.15) is 33.3 Å². The predicted molar refractivity (Wildman–Crippen MR) is 105 cm³/mol. The van der Waals surface area contributed by atoms with Crippen molar-refractivity contribution in [2.75, 3.05) is 6.54 Å². The molecule has 1 saturated heterocycles. The molecule has 0 radical (unpaired) electrons. The van der Waals surface area contributed by atoms with Gasteiger partial charge in [-0.25, -0.2) is 13.1 Å². The first-order chi connectivity index (χ1) is 12.1. The summed E-state index contributed by atoms with van der Waals surface area (Å²) in [6, 6.07) is 11.3. The molecule has 0 atom stereocenters. The molecule has 1 aromatic carbocycles. The van der Waals surface area contributed by atoms with E-state index in [2.05, 4.69) is 4.72 Å². The molecule has 0 aliphatic carbocycles. The van der Waals surface area contributed by atoms with Crippen molar-refractivity contribution in [1.82, 2.24) is 4.72 Å². The van der Waals surface area contributed by atoms with Crippen molar-refractivity contribution in [3.8, 4) is 0 Å². The van der Waals surface area contributed by atoms with E-state index < -0.39 is 10.0 Å². The second-order valence-electron chi connectivity index (χ2n) is 7.41. The van der Waals surface area contributed by atoms with Crippen molar-refractivity contribution in [2.24, 2.45) is 0 Å². The van der Waals surface area contributed by atoms with E-state index in [4.69, 9.17) is 9.31 Å². The van der Waals surface area contributed by atoms with Gasteiger partial charge in [0.2, 0.25) is 10.0 Å². The summed E-state index contributed by atoms with van der Waals surface area (Å²) in [5.74, 6) is 0. The first-order valence-electron chi connectivity index (χ1n) is 8.58. The largest absolute Gasteiger partial charge is 0.494 e. The minimum atomic E-state index is -3.41. The fraction of sp³-hybridized carbons (Fsp3) is 0.444. The molecular weight excluding hydrogens is 369 g/mol. The molecule has 0 spiro atoms.